The van der Waals surface area contributed by atoms with Crippen molar-refractivity contribution in [3.63, 3.8) is 0 Å². The zero-order valence-electron chi connectivity index (χ0n) is 19.3. The van der Waals surface area contributed by atoms with E-state index in [0.29, 0.717) is 29.3 Å². The van der Waals surface area contributed by atoms with Crippen molar-refractivity contribution in [1.29, 1.82) is 0 Å². The summed E-state index contributed by atoms with van der Waals surface area (Å²) in [7, 11) is 3.82. The highest BCUT2D eigenvalue weighted by molar-refractivity contribution is 6.46. The van der Waals surface area contributed by atoms with Gasteiger partial charge >= 0.3 is 0 Å². The number of anilines is 3. The molecule has 1 aliphatic heterocycles. The molecule has 0 atom stereocenters. The fourth-order valence-corrected chi connectivity index (χ4v) is 3.69. The number of rotatable bonds is 8. The van der Waals surface area contributed by atoms with E-state index in [1.165, 1.54) is 24.3 Å². The molecule has 3 aromatic rings. The van der Waals surface area contributed by atoms with Crippen molar-refractivity contribution in [1.82, 2.24) is 0 Å². The SMILES string of the molecule is CCCOc1cccc(NC2=C(c3ccc(F)cc3)C(=O)N(c3ccc(N(C)C)cc3)C2=O)c1. The van der Waals surface area contributed by atoms with Gasteiger partial charge in [-0.25, -0.2) is 9.29 Å². The molecule has 0 spiro atoms. The van der Waals surface area contributed by atoms with E-state index in [2.05, 4.69) is 5.32 Å². The number of benzene rings is 3. The lowest BCUT2D eigenvalue weighted by Crippen LogP contribution is -2.32. The predicted octanol–water partition coefficient (Wildman–Crippen LogP) is 5.08. The van der Waals surface area contributed by atoms with Crippen LogP contribution in [-0.2, 0) is 9.59 Å². The van der Waals surface area contributed by atoms with Gasteiger partial charge in [0.05, 0.1) is 17.9 Å². The van der Waals surface area contributed by atoms with Gasteiger partial charge in [-0.1, -0.05) is 25.1 Å². The molecule has 1 aliphatic rings. The van der Waals surface area contributed by atoms with Crippen LogP contribution in [-0.4, -0.2) is 32.5 Å². The van der Waals surface area contributed by atoms with E-state index in [1.807, 2.05) is 50.2 Å². The summed E-state index contributed by atoms with van der Waals surface area (Å²) >= 11 is 0. The van der Waals surface area contributed by atoms with E-state index in [1.54, 1.807) is 24.3 Å². The van der Waals surface area contributed by atoms with Crippen LogP contribution in [0.5, 0.6) is 5.75 Å². The molecule has 1 heterocycles. The number of ether oxygens (including phenoxy) is 1. The average molecular weight is 460 g/mol. The molecular weight excluding hydrogens is 433 g/mol. The number of nitrogens with zero attached hydrogens (tertiary/aromatic N) is 2. The first-order chi connectivity index (χ1) is 16.4. The number of amides is 2. The Morgan fingerprint density at radius 2 is 1.65 bits per heavy atom. The van der Waals surface area contributed by atoms with Crippen molar-refractivity contribution in [2.75, 3.05) is 35.8 Å². The van der Waals surface area contributed by atoms with Crippen LogP contribution >= 0.6 is 0 Å². The van der Waals surface area contributed by atoms with Crippen LogP contribution in [0.25, 0.3) is 5.57 Å². The monoisotopic (exact) mass is 459 g/mol. The maximum absolute atomic E-state index is 13.6. The highest BCUT2D eigenvalue weighted by Gasteiger charge is 2.40. The van der Waals surface area contributed by atoms with Crippen LogP contribution in [0.1, 0.15) is 18.9 Å². The fraction of sp³-hybridized carbons (Fsp3) is 0.185. The van der Waals surface area contributed by atoms with Crippen molar-refractivity contribution >= 4 is 34.4 Å². The van der Waals surface area contributed by atoms with Gasteiger partial charge < -0.3 is 15.0 Å². The topological polar surface area (TPSA) is 61.9 Å². The lowest BCUT2D eigenvalue weighted by molar-refractivity contribution is -0.120. The number of nitrogens with one attached hydrogen (secondary N) is 1. The number of imide groups is 1. The molecule has 174 valence electrons. The Kier molecular flexibility index (Phi) is 6.63. The van der Waals surface area contributed by atoms with Gasteiger partial charge in [-0.3, -0.25) is 9.59 Å². The molecule has 34 heavy (non-hydrogen) atoms. The predicted molar refractivity (Wildman–Crippen MR) is 132 cm³/mol. The summed E-state index contributed by atoms with van der Waals surface area (Å²) in [5, 5.41) is 3.12. The van der Waals surface area contributed by atoms with Crippen LogP contribution < -0.4 is 19.9 Å². The van der Waals surface area contributed by atoms with E-state index < -0.39 is 17.6 Å². The Bertz CT molecular complexity index is 1230. The first-order valence-electron chi connectivity index (χ1n) is 11.1. The van der Waals surface area contributed by atoms with Gasteiger partial charge in [0, 0.05) is 31.5 Å². The second-order valence-corrected chi connectivity index (χ2v) is 8.11. The quantitative estimate of drug-likeness (QED) is 0.476. The molecule has 2 amide bonds. The Morgan fingerprint density at radius 3 is 2.29 bits per heavy atom. The molecule has 0 saturated carbocycles. The highest BCUT2D eigenvalue weighted by atomic mass is 19.1. The molecule has 4 rings (SSSR count). The molecular formula is C27H26FN3O3. The number of halogens is 1. The molecule has 0 aromatic heterocycles. The van der Waals surface area contributed by atoms with Crippen molar-refractivity contribution < 1.29 is 18.7 Å². The van der Waals surface area contributed by atoms with Gasteiger partial charge in [0.2, 0.25) is 0 Å². The molecule has 7 heteroatoms. The Morgan fingerprint density at radius 1 is 0.941 bits per heavy atom. The van der Waals surface area contributed by atoms with Crippen LogP contribution in [0.15, 0.2) is 78.5 Å². The third kappa shape index (κ3) is 4.64. The second-order valence-electron chi connectivity index (χ2n) is 8.11. The van der Waals surface area contributed by atoms with E-state index in [0.717, 1.165) is 17.0 Å². The molecule has 0 radical (unpaired) electrons. The molecule has 1 N–H and O–H groups in total. The summed E-state index contributed by atoms with van der Waals surface area (Å²) in [6.07, 6.45) is 0.867. The minimum Gasteiger partial charge on any atom is -0.494 e. The highest BCUT2D eigenvalue weighted by Crippen LogP contribution is 2.35. The molecule has 3 aromatic carbocycles. The zero-order valence-corrected chi connectivity index (χ0v) is 19.3. The Balaban J connectivity index is 1.74. The van der Waals surface area contributed by atoms with E-state index >= 15 is 0 Å². The van der Waals surface area contributed by atoms with Crippen LogP contribution in [0.3, 0.4) is 0 Å². The van der Waals surface area contributed by atoms with E-state index in [-0.39, 0.29) is 11.3 Å². The Labute approximate surface area is 198 Å². The molecule has 6 nitrogen and oxygen atoms in total. The average Bonchev–Trinajstić information content (AvgIpc) is 3.07. The molecule has 0 saturated heterocycles. The van der Waals surface area contributed by atoms with Gasteiger partial charge in [0.25, 0.3) is 11.8 Å². The number of carbonyl (C=O) groups is 2. The Hall–Kier alpha value is -4.13. The van der Waals surface area contributed by atoms with Crippen LogP contribution in [0.2, 0.25) is 0 Å². The summed E-state index contributed by atoms with van der Waals surface area (Å²) in [5.41, 5.74) is 2.76. The van der Waals surface area contributed by atoms with Crippen molar-refractivity contribution in [3.05, 3.63) is 89.9 Å². The molecule has 0 bridgehead atoms. The fourth-order valence-electron chi connectivity index (χ4n) is 3.69. The maximum Gasteiger partial charge on any atom is 0.282 e. The van der Waals surface area contributed by atoms with Gasteiger partial charge in [-0.2, -0.15) is 0 Å². The first kappa shape index (κ1) is 23.0. The van der Waals surface area contributed by atoms with Gasteiger partial charge in [0.1, 0.15) is 17.3 Å². The van der Waals surface area contributed by atoms with Gasteiger partial charge in [-0.05, 0) is 60.5 Å². The lowest BCUT2D eigenvalue weighted by atomic mass is 10.0. The summed E-state index contributed by atoms with van der Waals surface area (Å²) in [5.74, 6) is -0.729. The van der Waals surface area contributed by atoms with E-state index in [4.69, 9.17) is 4.74 Å². The molecule has 0 aliphatic carbocycles. The lowest BCUT2D eigenvalue weighted by Gasteiger charge is -2.18. The van der Waals surface area contributed by atoms with Gasteiger partial charge in [0.15, 0.2) is 0 Å². The second kappa shape index (κ2) is 9.79. The van der Waals surface area contributed by atoms with E-state index in [9.17, 15) is 14.0 Å². The first-order valence-corrected chi connectivity index (χ1v) is 11.1. The number of hydrogen-bond acceptors (Lipinski definition) is 5. The van der Waals surface area contributed by atoms with Crippen LogP contribution in [0, 0.1) is 5.82 Å². The van der Waals surface area contributed by atoms with Gasteiger partial charge in [-0.15, -0.1) is 0 Å². The largest absolute Gasteiger partial charge is 0.494 e. The summed E-state index contributed by atoms with van der Waals surface area (Å²) in [6.45, 7) is 2.59. The smallest absolute Gasteiger partial charge is 0.282 e. The maximum atomic E-state index is 13.6. The number of carbonyl (C=O) groups excluding carboxylic acids is 2. The third-order valence-electron chi connectivity index (χ3n) is 5.42. The summed E-state index contributed by atoms with van der Waals surface area (Å²) in [4.78, 5) is 30.1. The minimum absolute atomic E-state index is 0.126. The molecule has 0 fully saturated rings. The normalized spacial score (nSPS) is 13.5. The summed E-state index contributed by atoms with van der Waals surface area (Å²) in [6, 6.07) is 19.9. The molecule has 0 unspecified atom stereocenters. The van der Waals surface area contributed by atoms with Crippen molar-refractivity contribution in [2.24, 2.45) is 0 Å². The van der Waals surface area contributed by atoms with Crippen LogP contribution in [0.4, 0.5) is 21.5 Å². The minimum atomic E-state index is -0.484. The standard InChI is InChI=1S/C27H26FN3O3/c1-4-16-34-23-7-5-6-20(17-23)29-25-24(18-8-10-19(28)11-9-18)26(32)31(27(25)33)22-14-12-21(13-15-22)30(2)3/h5-15,17,29H,4,16H2,1-3H3. The van der Waals surface area contributed by atoms with Crippen molar-refractivity contribution in [3.8, 4) is 5.75 Å². The van der Waals surface area contributed by atoms with Crippen molar-refractivity contribution in [2.45, 2.75) is 13.3 Å². The third-order valence-corrected chi connectivity index (χ3v) is 5.42. The number of hydrogen-bond donors (Lipinski definition) is 1. The zero-order chi connectivity index (χ0) is 24.2. The summed E-state index contributed by atoms with van der Waals surface area (Å²) < 4.78 is 19.3.